The lowest BCUT2D eigenvalue weighted by molar-refractivity contribution is 0.0625. The number of pyridine rings is 1. The fourth-order valence-corrected chi connectivity index (χ4v) is 3.72. The van der Waals surface area contributed by atoms with Crippen molar-refractivity contribution in [2.75, 3.05) is 13.2 Å². The molecule has 27 heavy (non-hydrogen) atoms. The first kappa shape index (κ1) is 17.7. The minimum atomic E-state index is -0.0601. The van der Waals surface area contributed by atoms with Gasteiger partial charge in [0.2, 0.25) is 0 Å². The molecule has 1 N–H and O–H groups in total. The predicted molar refractivity (Wildman–Crippen MR) is 108 cm³/mol. The average Bonchev–Trinajstić information content (AvgIpc) is 2.68. The van der Waals surface area contributed by atoms with Crippen molar-refractivity contribution < 1.29 is 9.53 Å². The Kier molecular flexibility index (Phi) is 4.90. The van der Waals surface area contributed by atoms with Crippen LogP contribution in [-0.2, 0) is 4.74 Å². The van der Waals surface area contributed by atoms with E-state index in [1.807, 2.05) is 30.3 Å². The Morgan fingerprint density at radius 3 is 2.78 bits per heavy atom. The fraction of sp³-hybridized carbons (Fsp3) is 0.304. The van der Waals surface area contributed by atoms with Crippen LogP contribution in [-0.4, -0.2) is 30.1 Å². The van der Waals surface area contributed by atoms with E-state index in [0.717, 1.165) is 47.2 Å². The van der Waals surface area contributed by atoms with Crippen molar-refractivity contribution in [2.24, 2.45) is 0 Å². The SMILES string of the molecule is Cc1ccc(-c2cc(C(=O)NC3CCCOC3)c3ccccc3n2)c(C)c1. The molecule has 1 atom stereocenters. The molecule has 4 heteroatoms. The third kappa shape index (κ3) is 3.71. The highest BCUT2D eigenvalue weighted by Gasteiger charge is 2.20. The van der Waals surface area contributed by atoms with Crippen LogP contribution >= 0.6 is 0 Å². The summed E-state index contributed by atoms with van der Waals surface area (Å²) in [5.41, 5.74) is 5.76. The van der Waals surface area contributed by atoms with Gasteiger partial charge in [0.05, 0.1) is 29.4 Å². The van der Waals surface area contributed by atoms with Gasteiger partial charge in [-0.05, 0) is 44.4 Å². The summed E-state index contributed by atoms with van der Waals surface area (Å²) in [4.78, 5) is 17.9. The molecule has 1 saturated heterocycles. The van der Waals surface area contributed by atoms with E-state index in [1.54, 1.807) is 0 Å². The third-order valence-corrected chi connectivity index (χ3v) is 5.11. The number of nitrogens with zero attached hydrogens (tertiary/aromatic N) is 1. The summed E-state index contributed by atoms with van der Waals surface area (Å²) in [5.74, 6) is -0.0601. The van der Waals surface area contributed by atoms with Crippen molar-refractivity contribution >= 4 is 16.8 Å². The van der Waals surface area contributed by atoms with Crippen molar-refractivity contribution in [1.29, 1.82) is 0 Å². The van der Waals surface area contributed by atoms with Gasteiger partial charge in [-0.1, -0.05) is 42.0 Å². The van der Waals surface area contributed by atoms with Crippen LogP contribution in [0, 0.1) is 13.8 Å². The molecule has 3 aromatic rings. The summed E-state index contributed by atoms with van der Waals surface area (Å²) in [6.07, 6.45) is 1.94. The highest BCUT2D eigenvalue weighted by atomic mass is 16.5. The van der Waals surface area contributed by atoms with Gasteiger partial charge in [0, 0.05) is 17.6 Å². The zero-order valence-electron chi connectivity index (χ0n) is 15.8. The first-order valence-electron chi connectivity index (χ1n) is 9.48. The van der Waals surface area contributed by atoms with Gasteiger partial charge in [0.15, 0.2) is 0 Å². The number of nitrogens with one attached hydrogen (secondary N) is 1. The Labute approximate surface area is 159 Å². The fourth-order valence-electron chi connectivity index (χ4n) is 3.72. The van der Waals surface area contributed by atoms with Crippen molar-refractivity contribution in [3.05, 3.63) is 65.2 Å². The molecule has 1 aliphatic rings. The van der Waals surface area contributed by atoms with Crippen LogP contribution in [0.25, 0.3) is 22.2 Å². The second-order valence-corrected chi connectivity index (χ2v) is 7.28. The van der Waals surface area contributed by atoms with Gasteiger partial charge in [-0.3, -0.25) is 4.79 Å². The minimum Gasteiger partial charge on any atom is -0.379 e. The molecule has 4 nitrogen and oxygen atoms in total. The number of aromatic nitrogens is 1. The van der Waals surface area contributed by atoms with Crippen LogP contribution < -0.4 is 5.32 Å². The number of para-hydroxylation sites is 1. The molecule has 0 radical (unpaired) electrons. The van der Waals surface area contributed by atoms with Gasteiger partial charge < -0.3 is 10.1 Å². The summed E-state index contributed by atoms with van der Waals surface area (Å²) >= 11 is 0. The number of benzene rings is 2. The number of rotatable bonds is 3. The van der Waals surface area contributed by atoms with Crippen molar-refractivity contribution in [3.63, 3.8) is 0 Å². The number of amides is 1. The molecular formula is C23H24N2O2. The van der Waals surface area contributed by atoms with E-state index in [0.29, 0.717) is 12.2 Å². The van der Waals surface area contributed by atoms with Crippen LogP contribution in [0.5, 0.6) is 0 Å². The Balaban J connectivity index is 1.77. The first-order valence-corrected chi connectivity index (χ1v) is 9.48. The highest BCUT2D eigenvalue weighted by Crippen LogP contribution is 2.28. The number of fused-ring (bicyclic) bond motifs is 1. The van der Waals surface area contributed by atoms with E-state index < -0.39 is 0 Å². The molecule has 4 rings (SSSR count). The summed E-state index contributed by atoms with van der Waals surface area (Å²) in [7, 11) is 0. The van der Waals surface area contributed by atoms with Crippen molar-refractivity contribution in [1.82, 2.24) is 10.3 Å². The monoisotopic (exact) mass is 360 g/mol. The average molecular weight is 360 g/mol. The van der Waals surface area contributed by atoms with E-state index in [2.05, 4.69) is 37.4 Å². The lowest BCUT2D eigenvalue weighted by atomic mass is 9.99. The number of ether oxygens (including phenoxy) is 1. The summed E-state index contributed by atoms with van der Waals surface area (Å²) in [6.45, 7) is 5.52. The maximum absolute atomic E-state index is 13.1. The smallest absolute Gasteiger partial charge is 0.252 e. The van der Waals surface area contributed by atoms with Gasteiger partial charge in [-0.25, -0.2) is 4.98 Å². The number of carbonyl (C=O) groups excluding carboxylic acids is 1. The molecule has 1 unspecified atom stereocenters. The Morgan fingerprint density at radius 2 is 2.00 bits per heavy atom. The molecule has 0 saturated carbocycles. The van der Waals surface area contributed by atoms with E-state index in [-0.39, 0.29) is 11.9 Å². The Bertz CT molecular complexity index is 991. The number of hydrogen-bond donors (Lipinski definition) is 1. The highest BCUT2D eigenvalue weighted by molar-refractivity contribution is 6.07. The van der Waals surface area contributed by atoms with Crippen molar-refractivity contribution in [3.8, 4) is 11.3 Å². The molecule has 1 aliphatic heterocycles. The lowest BCUT2D eigenvalue weighted by Gasteiger charge is -2.23. The Hall–Kier alpha value is -2.72. The van der Waals surface area contributed by atoms with E-state index in [4.69, 9.17) is 9.72 Å². The van der Waals surface area contributed by atoms with Crippen LogP contribution in [0.3, 0.4) is 0 Å². The van der Waals surface area contributed by atoms with Gasteiger partial charge in [0.25, 0.3) is 5.91 Å². The standard InChI is InChI=1S/C23H24N2O2/c1-15-9-10-18(16(2)12-15)22-13-20(19-7-3-4-8-21(19)25-22)23(26)24-17-6-5-11-27-14-17/h3-4,7-10,12-13,17H,5-6,11,14H2,1-2H3,(H,24,26). The topological polar surface area (TPSA) is 51.2 Å². The largest absolute Gasteiger partial charge is 0.379 e. The normalized spacial score (nSPS) is 17.0. The second-order valence-electron chi connectivity index (χ2n) is 7.28. The minimum absolute atomic E-state index is 0.0601. The zero-order chi connectivity index (χ0) is 18.8. The molecule has 0 spiro atoms. The molecule has 1 amide bonds. The molecule has 138 valence electrons. The maximum Gasteiger partial charge on any atom is 0.252 e. The molecule has 1 fully saturated rings. The molecule has 2 heterocycles. The third-order valence-electron chi connectivity index (χ3n) is 5.11. The van der Waals surface area contributed by atoms with Crippen LogP contribution in [0.1, 0.15) is 34.3 Å². The zero-order valence-corrected chi connectivity index (χ0v) is 15.8. The Morgan fingerprint density at radius 1 is 1.15 bits per heavy atom. The van der Waals surface area contributed by atoms with Gasteiger partial charge in [-0.2, -0.15) is 0 Å². The molecule has 0 aliphatic carbocycles. The van der Waals surface area contributed by atoms with E-state index in [9.17, 15) is 4.79 Å². The lowest BCUT2D eigenvalue weighted by Crippen LogP contribution is -2.40. The molecule has 0 bridgehead atoms. The number of aryl methyl sites for hydroxylation is 2. The second kappa shape index (κ2) is 7.49. The van der Waals surface area contributed by atoms with Crippen LogP contribution in [0.2, 0.25) is 0 Å². The van der Waals surface area contributed by atoms with E-state index in [1.165, 1.54) is 5.56 Å². The molecule has 1 aromatic heterocycles. The predicted octanol–water partition coefficient (Wildman–Crippen LogP) is 4.43. The number of hydrogen-bond acceptors (Lipinski definition) is 3. The van der Waals surface area contributed by atoms with Crippen LogP contribution in [0.15, 0.2) is 48.5 Å². The van der Waals surface area contributed by atoms with Crippen molar-refractivity contribution in [2.45, 2.75) is 32.7 Å². The summed E-state index contributed by atoms with van der Waals surface area (Å²) in [6, 6.07) is 16.1. The first-order chi connectivity index (χ1) is 13.1. The molecular weight excluding hydrogens is 336 g/mol. The maximum atomic E-state index is 13.1. The molecule has 2 aromatic carbocycles. The van der Waals surface area contributed by atoms with E-state index >= 15 is 0 Å². The summed E-state index contributed by atoms with van der Waals surface area (Å²) < 4.78 is 5.50. The van der Waals surface area contributed by atoms with Crippen LogP contribution in [0.4, 0.5) is 0 Å². The van der Waals surface area contributed by atoms with Gasteiger partial charge in [-0.15, -0.1) is 0 Å². The quantitative estimate of drug-likeness (QED) is 0.752. The van der Waals surface area contributed by atoms with Gasteiger partial charge >= 0.3 is 0 Å². The summed E-state index contributed by atoms with van der Waals surface area (Å²) in [5, 5.41) is 4.01. The van der Waals surface area contributed by atoms with Gasteiger partial charge in [0.1, 0.15) is 0 Å². The number of carbonyl (C=O) groups is 1.